The van der Waals surface area contributed by atoms with Gasteiger partial charge in [0.25, 0.3) is 5.91 Å². The summed E-state index contributed by atoms with van der Waals surface area (Å²) < 4.78 is 12.8. The van der Waals surface area contributed by atoms with E-state index in [1.165, 1.54) is 16.9 Å². The molecule has 0 spiro atoms. The van der Waals surface area contributed by atoms with Crippen molar-refractivity contribution in [2.24, 2.45) is 0 Å². The van der Waals surface area contributed by atoms with Gasteiger partial charge in [-0.3, -0.25) is 14.5 Å². The largest absolute Gasteiger partial charge is 0.456 e. The SMILES string of the molecule is COCCN1C(=O)c2ccccc2N2C(=O)CCC12C(=O)OCc1cn2cccc(C)c2n1. The van der Waals surface area contributed by atoms with E-state index < -0.39 is 11.6 Å². The van der Waals surface area contributed by atoms with Crippen LogP contribution in [0.15, 0.2) is 48.8 Å². The summed E-state index contributed by atoms with van der Waals surface area (Å²) in [5, 5.41) is 0. The Morgan fingerprint density at radius 3 is 2.79 bits per heavy atom. The Morgan fingerprint density at radius 1 is 1.18 bits per heavy atom. The van der Waals surface area contributed by atoms with Gasteiger partial charge >= 0.3 is 5.97 Å². The Morgan fingerprint density at radius 2 is 2.00 bits per heavy atom. The molecular weight excluding hydrogens is 424 g/mol. The highest BCUT2D eigenvalue weighted by atomic mass is 16.5. The van der Waals surface area contributed by atoms with Gasteiger partial charge in [0.15, 0.2) is 0 Å². The lowest BCUT2D eigenvalue weighted by molar-refractivity contribution is -0.159. The second kappa shape index (κ2) is 8.00. The van der Waals surface area contributed by atoms with E-state index in [9.17, 15) is 14.4 Å². The fraction of sp³-hybridized carbons (Fsp3) is 0.333. The summed E-state index contributed by atoms with van der Waals surface area (Å²) in [5.74, 6) is -1.20. The van der Waals surface area contributed by atoms with Crippen molar-refractivity contribution in [1.29, 1.82) is 0 Å². The summed E-state index contributed by atoms with van der Waals surface area (Å²) in [4.78, 5) is 47.4. The van der Waals surface area contributed by atoms with Crippen LogP contribution in [0.25, 0.3) is 5.65 Å². The number of fused-ring (bicyclic) bond motifs is 4. The van der Waals surface area contributed by atoms with Gasteiger partial charge in [0, 0.05) is 38.9 Å². The van der Waals surface area contributed by atoms with E-state index in [0.29, 0.717) is 16.9 Å². The van der Waals surface area contributed by atoms with Gasteiger partial charge in [-0.2, -0.15) is 0 Å². The summed E-state index contributed by atoms with van der Waals surface area (Å²) >= 11 is 0. The van der Waals surface area contributed by atoms with Gasteiger partial charge in [-0.15, -0.1) is 0 Å². The number of pyridine rings is 1. The van der Waals surface area contributed by atoms with Gasteiger partial charge in [-0.25, -0.2) is 9.78 Å². The molecule has 4 heterocycles. The van der Waals surface area contributed by atoms with Crippen LogP contribution in [-0.2, 0) is 25.7 Å². The molecule has 170 valence electrons. The number of rotatable bonds is 6. The molecule has 2 amide bonds. The number of amides is 2. The van der Waals surface area contributed by atoms with E-state index >= 15 is 0 Å². The number of aryl methyl sites for hydroxylation is 1. The van der Waals surface area contributed by atoms with Crippen molar-refractivity contribution in [3.8, 4) is 0 Å². The Bertz CT molecular complexity index is 1270. The van der Waals surface area contributed by atoms with E-state index in [-0.39, 0.29) is 44.4 Å². The molecule has 9 nitrogen and oxygen atoms in total. The Hall–Kier alpha value is -3.72. The number of ether oxygens (including phenoxy) is 2. The molecule has 2 aliphatic heterocycles. The van der Waals surface area contributed by atoms with Gasteiger partial charge < -0.3 is 18.8 Å². The maximum atomic E-state index is 13.6. The van der Waals surface area contributed by atoms with Crippen LogP contribution in [0.2, 0.25) is 0 Å². The van der Waals surface area contributed by atoms with Crippen molar-refractivity contribution >= 4 is 29.1 Å². The summed E-state index contributed by atoms with van der Waals surface area (Å²) in [7, 11) is 1.52. The molecule has 0 saturated carbocycles. The van der Waals surface area contributed by atoms with Crippen LogP contribution < -0.4 is 4.90 Å². The van der Waals surface area contributed by atoms with Crippen LogP contribution in [0, 0.1) is 6.92 Å². The molecule has 1 unspecified atom stereocenters. The monoisotopic (exact) mass is 448 g/mol. The average molecular weight is 448 g/mol. The van der Waals surface area contributed by atoms with Crippen molar-refractivity contribution in [3.63, 3.8) is 0 Å². The molecule has 1 fully saturated rings. The predicted octanol–water partition coefficient (Wildman–Crippen LogP) is 2.31. The number of methoxy groups -OCH3 is 1. The third kappa shape index (κ3) is 3.19. The number of carbonyl (C=O) groups is 3. The van der Waals surface area contributed by atoms with Crippen LogP contribution in [0.4, 0.5) is 5.69 Å². The highest BCUT2D eigenvalue weighted by molar-refractivity contribution is 6.15. The van der Waals surface area contributed by atoms with Gasteiger partial charge in [0.1, 0.15) is 12.3 Å². The molecule has 0 aliphatic carbocycles. The van der Waals surface area contributed by atoms with Crippen molar-refractivity contribution in [2.75, 3.05) is 25.2 Å². The van der Waals surface area contributed by atoms with Crippen molar-refractivity contribution < 1.29 is 23.9 Å². The fourth-order valence-corrected chi connectivity index (χ4v) is 4.76. The summed E-state index contributed by atoms with van der Waals surface area (Å²) in [5.41, 5.74) is 1.62. The quantitative estimate of drug-likeness (QED) is 0.538. The molecule has 0 radical (unpaired) electrons. The average Bonchev–Trinajstić information content (AvgIpc) is 3.40. The zero-order chi connectivity index (χ0) is 23.2. The van der Waals surface area contributed by atoms with Crippen molar-refractivity contribution in [3.05, 3.63) is 65.6 Å². The number of carbonyl (C=O) groups excluding carboxylic acids is 3. The van der Waals surface area contributed by atoms with E-state index in [1.807, 2.05) is 29.7 Å². The minimum absolute atomic E-state index is 0.0717. The molecule has 9 heteroatoms. The van der Waals surface area contributed by atoms with Crippen LogP contribution >= 0.6 is 0 Å². The highest BCUT2D eigenvalue weighted by Crippen LogP contribution is 2.45. The number of imidazole rings is 1. The summed E-state index contributed by atoms with van der Waals surface area (Å²) in [6.07, 6.45) is 3.96. The topological polar surface area (TPSA) is 93.5 Å². The zero-order valence-corrected chi connectivity index (χ0v) is 18.5. The number of nitrogens with zero attached hydrogens (tertiary/aromatic N) is 4. The molecule has 3 aromatic rings. The smallest absolute Gasteiger partial charge is 0.354 e. The summed E-state index contributed by atoms with van der Waals surface area (Å²) in [6.45, 7) is 2.25. The first kappa shape index (κ1) is 21.1. The Kier molecular flexibility index (Phi) is 5.13. The molecule has 1 saturated heterocycles. The lowest BCUT2D eigenvalue weighted by Crippen LogP contribution is -2.68. The third-order valence-electron chi connectivity index (χ3n) is 6.30. The van der Waals surface area contributed by atoms with E-state index in [4.69, 9.17) is 9.47 Å². The Balaban J connectivity index is 1.51. The van der Waals surface area contributed by atoms with Crippen LogP contribution in [0.3, 0.4) is 0 Å². The maximum absolute atomic E-state index is 13.6. The number of benzene rings is 1. The van der Waals surface area contributed by atoms with Gasteiger partial charge in [-0.05, 0) is 30.7 Å². The molecule has 1 aromatic carbocycles. The first-order chi connectivity index (χ1) is 16.0. The fourth-order valence-electron chi connectivity index (χ4n) is 4.76. The molecule has 1 atom stereocenters. The number of hydrogen-bond acceptors (Lipinski definition) is 6. The van der Waals surface area contributed by atoms with Crippen LogP contribution in [0.1, 0.15) is 34.5 Å². The summed E-state index contributed by atoms with van der Waals surface area (Å²) in [6, 6.07) is 10.7. The molecule has 33 heavy (non-hydrogen) atoms. The van der Waals surface area contributed by atoms with Gasteiger partial charge in [-0.1, -0.05) is 18.2 Å². The van der Waals surface area contributed by atoms with E-state index in [1.54, 1.807) is 30.5 Å². The molecule has 2 aromatic heterocycles. The van der Waals surface area contributed by atoms with Gasteiger partial charge in [0.2, 0.25) is 11.6 Å². The third-order valence-corrected chi connectivity index (χ3v) is 6.30. The predicted molar refractivity (Wildman–Crippen MR) is 119 cm³/mol. The van der Waals surface area contributed by atoms with Crippen LogP contribution in [-0.4, -0.2) is 58.0 Å². The second-order valence-electron chi connectivity index (χ2n) is 8.24. The molecule has 2 aliphatic rings. The number of anilines is 1. The first-order valence-electron chi connectivity index (χ1n) is 10.8. The molecule has 0 bridgehead atoms. The lowest BCUT2D eigenvalue weighted by Gasteiger charge is -2.48. The minimum Gasteiger partial charge on any atom is -0.456 e. The Labute approximate surface area is 190 Å². The zero-order valence-electron chi connectivity index (χ0n) is 18.5. The lowest BCUT2D eigenvalue weighted by atomic mass is 9.96. The number of aromatic nitrogens is 2. The first-order valence-corrected chi connectivity index (χ1v) is 10.8. The van der Waals surface area contributed by atoms with E-state index in [2.05, 4.69) is 4.98 Å². The van der Waals surface area contributed by atoms with Crippen molar-refractivity contribution in [2.45, 2.75) is 32.0 Å². The van der Waals surface area contributed by atoms with Crippen LogP contribution in [0.5, 0.6) is 0 Å². The number of hydrogen-bond donors (Lipinski definition) is 0. The second-order valence-corrected chi connectivity index (χ2v) is 8.24. The molecule has 5 rings (SSSR count). The number of esters is 1. The number of para-hydroxylation sites is 1. The highest BCUT2D eigenvalue weighted by Gasteiger charge is 2.61. The van der Waals surface area contributed by atoms with E-state index in [0.717, 1.165) is 11.2 Å². The molecular formula is C24H24N4O5. The standard InChI is InChI=1S/C24H24N4O5/c1-16-6-5-11-26-14-17(25-21(16)26)15-33-23(31)24-10-9-20(29)28(24)19-8-4-3-7-18(19)22(30)27(24)12-13-32-2/h3-8,11,14H,9-10,12-13,15H2,1-2H3. The minimum atomic E-state index is -1.55. The maximum Gasteiger partial charge on any atom is 0.354 e. The van der Waals surface area contributed by atoms with Gasteiger partial charge in [0.05, 0.1) is 23.6 Å². The molecule has 0 N–H and O–H groups in total. The normalized spacial score (nSPS) is 19.7. The van der Waals surface area contributed by atoms with Crippen molar-refractivity contribution in [1.82, 2.24) is 14.3 Å².